The van der Waals surface area contributed by atoms with Crippen LogP contribution in [0.2, 0.25) is 10.0 Å². The third-order valence-electron chi connectivity index (χ3n) is 1.59. The molecule has 0 saturated heterocycles. The first-order valence-electron chi connectivity index (χ1n) is 3.76. The van der Waals surface area contributed by atoms with Crippen LogP contribution in [-0.2, 0) is 11.5 Å². The van der Waals surface area contributed by atoms with Gasteiger partial charge >= 0.3 is 0 Å². The number of hydrogen-bond acceptors (Lipinski definition) is 0. The van der Waals surface area contributed by atoms with E-state index in [1.165, 1.54) is 0 Å². The highest BCUT2D eigenvalue weighted by Crippen LogP contribution is 2.22. The lowest BCUT2D eigenvalue weighted by molar-refractivity contribution is 0.189. The molecule has 0 N–H and O–H groups in total. The zero-order valence-electron chi connectivity index (χ0n) is 6.52. The van der Waals surface area contributed by atoms with Gasteiger partial charge in [0.15, 0.2) is 0 Å². The minimum absolute atomic E-state index is 0.0414. The summed E-state index contributed by atoms with van der Waals surface area (Å²) in [6, 6.07) is 5.45. The van der Waals surface area contributed by atoms with Crippen LogP contribution in [0.1, 0.15) is 12.0 Å². The van der Waals surface area contributed by atoms with Crippen molar-refractivity contribution in [1.82, 2.24) is 0 Å². The van der Waals surface area contributed by atoms with Crippen molar-refractivity contribution >= 4 is 23.2 Å². The van der Waals surface area contributed by atoms with Gasteiger partial charge < -0.3 is 0 Å². The largest absolute Gasteiger partial charge is 0.237 e. The van der Waals surface area contributed by atoms with E-state index >= 15 is 0 Å². The third kappa shape index (κ3) is 2.67. The first-order valence-corrected chi connectivity index (χ1v) is 4.51. The molecule has 0 atom stereocenters. The lowest BCUT2D eigenvalue weighted by atomic mass is 10.1. The molecule has 3 heteroatoms. The Balaban J connectivity index is 2.69. The molecule has 0 spiro atoms. The van der Waals surface area contributed by atoms with Crippen molar-refractivity contribution in [2.75, 3.05) is 6.61 Å². The lowest BCUT2D eigenvalue weighted by Crippen LogP contribution is -1.88. The lowest BCUT2D eigenvalue weighted by Gasteiger charge is -2.00. The molecule has 0 unspecified atom stereocenters. The van der Waals surface area contributed by atoms with Gasteiger partial charge in [0.05, 0.1) is 16.7 Å². The van der Waals surface area contributed by atoms with E-state index in [0.29, 0.717) is 16.5 Å². The van der Waals surface area contributed by atoms with Gasteiger partial charge in [-0.05, 0) is 30.5 Å². The zero-order chi connectivity index (χ0) is 8.97. The first-order chi connectivity index (χ1) is 5.74. The predicted octanol–water partition coefficient (Wildman–Crippen LogP) is 3.36. The second kappa shape index (κ2) is 4.70. The maximum atomic E-state index is 10.2. The van der Waals surface area contributed by atoms with Gasteiger partial charge in [0, 0.05) is 0 Å². The van der Waals surface area contributed by atoms with E-state index in [9.17, 15) is 5.11 Å². The molecule has 12 heavy (non-hydrogen) atoms. The summed E-state index contributed by atoms with van der Waals surface area (Å²) in [7, 11) is 0. The van der Waals surface area contributed by atoms with Gasteiger partial charge in [-0.2, -0.15) is 0 Å². The fraction of sp³-hybridized carbons (Fsp3) is 0.333. The molecule has 0 aromatic heterocycles. The van der Waals surface area contributed by atoms with Crippen molar-refractivity contribution in [2.24, 2.45) is 0 Å². The molecule has 0 bridgehead atoms. The molecule has 0 saturated carbocycles. The van der Waals surface area contributed by atoms with E-state index in [0.717, 1.165) is 12.0 Å². The molecular formula is C9H9Cl2O. The Morgan fingerprint density at radius 3 is 2.50 bits per heavy atom. The Kier molecular flexibility index (Phi) is 3.86. The summed E-state index contributed by atoms with van der Waals surface area (Å²) in [6.45, 7) is -0.0414. The predicted molar refractivity (Wildman–Crippen MR) is 50.3 cm³/mol. The standard InChI is InChI=1S/C9H9Cl2O/c10-8-4-3-7(2-1-5-12)6-9(8)11/h3-4,6H,1-2,5H2. The smallest absolute Gasteiger partial charge is 0.0825 e. The Bertz CT molecular complexity index is 261. The topological polar surface area (TPSA) is 19.9 Å². The van der Waals surface area contributed by atoms with E-state index in [1.807, 2.05) is 6.07 Å². The molecule has 0 aliphatic rings. The highest BCUT2D eigenvalue weighted by molar-refractivity contribution is 6.41. The number of rotatable bonds is 3. The highest BCUT2D eigenvalue weighted by atomic mass is 35.5. The second-order valence-corrected chi connectivity index (χ2v) is 3.37. The first kappa shape index (κ1) is 9.85. The third-order valence-corrected chi connectivity index (χ3v) is 2.33. The summed E-state index contributed by atoms with van der Waals surface area (Å²) >= 11 is 11.5. The molecule has 0 aliphatic heterocycles. The normalized spacial score (nSPS) is 10.2. The minimum Gasteiger partial charge on any atom is -0.237 e. The molecule has 1 rings (SSSR count). The Labute approximate surface area is 81.9 Å². The van der Waals surface area contributed by atoms with Crippen molar-refractivity contribution in [2.45, 2.75) is 12.8 Å². The number of halogens is 2. The van der Waals surface area contributed by atoms with E-state index in [1.54, 1.807) is 12.1 Å². The van der Waals surface area contributed by atoms with Crippen molar-refractivity contribution in [3.8, 4) is 0 Å². The van der Waals surface area contributed by atoms with E-state index in [-0.39, 0.29) is 6.61 Å². The average molecular weight is 204 g/mol. The van der Waals surface area contributed by atoms with E-state index < -0.39 is 0 Å². The van der Waals surface area contributed by atoms with Crippen molar-refractivity contribution in [3.63, 3.8) is 0 Å². The molecule has 1 aromatic carbocycles. The Hall–Kier alpha value is -0.240. The Morgan fingerprint density at radius 1 is 1.17 bits per heavy atom. The van der Waals surface area contributed by atoms with Gasteiger partial charge in [-0.15, -0.1) is 0 Å². The molecular weight excluding hydrogens is 195 g/mol. The van der Waals surface area contributed by atoms with Crippen LogP contribution in [0.4, 0.5) is 0 Å². The number of aryl methyl sites for hydroxylation is 1. The molecule has 1 radical (unpaired) electrons. The van der Waals surface area contributed by atoms with E-state index in [4.69, 9.17) is 23.2 Å². The summed E-state index contributed by atoms with van der Waals surface area (Å²) in [6.07, 6.45) is 1.43. The van der Waals surface area contributed by atoms with Gasteiger partial charge in [0.1, 0.15) is 0 Å². The maximum absolute atomic E-state index is 10.2. The SMILES string of the molecule is [O]CCCc1ccc(Cl)c(Cl)c1. The molecule has 0 fully saturated rings. The molecule has 65 valence electrons. The van der Waals surface area contributed by atoms with E-state index in [2.05, 4.69) is 0 Å². The highest BCUT2D eigenvalue weighted by Gasteiger charge is 1.98. The van der Waals surface area contributed by atoms with Crippen LogP contribution in [-0.4, -0.2) is 6.61 Å². The summed E-state index contributed by atoms with van der Waals surface area (Å²) < 4.78 is 0. The van der Waals surface area contributed by atoms with Gasteiger partial charge in [-0.25, -0.2) is 5.11 Å². The molecule has 0 amide bonds. The summed E-state index contributed by atoms with van der Waals surface area (Å²) in [5.41, 5.74) is 1.07. The summed E-state index contributed by atoms with van der Waals surface area (Å²) in [5.74, 6) is 0. The molecule has 0 aliphatic carbocycles. The van der Waals surface area contributed by atoms with Crippen LogP contribution >= 0.6 is 23.2 Å². The monoisotopic (exact) mass is 203 g/mol. The Morgan fingerprint density at radius 2 is 1.92 bits per heavy atom. The second-order valence-electron chi connectivity index (χ2n) is 2.56. The van der Waals surface area contributed by atoms with Crippen molar-refractivity contribution < 1.29 is 5.11 Å². The summed E-state index contributed by atoms with van der Waals surface area (Å²) in [5, 5.41) is 11.3. The molecule has 1 aromatic rings. The van der Waals surface area contributed by atoms with Crippen LogP contribution in [0.5, 0.6) is 0 Å². The van der Waals surface area contributed by atoms with Crippen LogP contribution in [0, 0.1) is 0 Å². The van der Waals surface area contributed by atoms with Gasteiger partial charge in [0.25, 0.3) is 0 Å². The van der Waals surface area contributed by atoms with Crippen LogP contribution in [0.3, 0.4) is 0 Å². The fourth-order valence-electron chi connectivity index (χ4n) is 0.971. The minimum atomic E-state index is -0.0414. The van der Waals surface area contributed by atoms with Crippen molar-refractivity contribution in [1.29, 1.82) is 0 Å². The van der Waals surface area contributed by atoms with Gasteiger partial charge in [-0.3, -0.25) is 0 Å². The number of benzene rings is 1. The van der Waals surface area contributed by atoms with Crippen LogP contribution in [0.25, 0.3) is 0 Å². The van der Waals surface area contributed by atoms with Gasteiger partial charge in [0.2, 0.25) is 0 Å². The van der Waals surface area contributed by atoms with Crippen LogP contribution in [0.15, 0.2) is 18.2 Å². The van der Waals surface area contributed by atoms with Crippen LogP contribution < -0.4 is 0 Å². The summed E-state index contributed by atoms with van der Waals surface area (Å²) in [4.78, 5) is 0. The van der Waals surface area contributed by atoms with Crippen molar-refractivity contribution in [3.05, 3.63) is 33.8 Å². The number of hydrogen-bond donors (Lipinski definition) is 0. The quantitative estimate of drug-likeness (QED) is 0.719. The molecule has 1 nitrogen and oxygen atoms in total. The van der Waals surface area contributed by atoms with Gasteiger partial charge in [-0.1, -0.05) is 29.3 Å². The average Bonchev–Trinajstić information content (AvgIpc) is 2.07. The molecule has 0 heterocycles. The zero-order valence-corrected chi connectivity index (χ0v) is 8.03. The fourth-order valence-corrected chi connectivity index (χ4v) is 1.29. The maximum Gasteiger partial charge on any atom is 0.0825 e.